The summed E-state index contributed by atoms with van der Waals surface area (Å²) in [7, 11) is 0. The number of hydrogen-bond acceptors (Lipinski definition) is 6. The molecule has 0 radical (unpaired) electrons. The number of ether oxygens (including phenoxy) is 2. The molecule has 1 heterocycles. The lowest BCUT2D eigenvalue weighted by atomic mass is 10.0. The molecule has 0 saturated carbocycles. The Labute approximate surface area is 163 Å². The molecular formula is C21H22N2O5. The van der Waals surface area contributed by atoms with Crippen LogP contribution in [-0.2, 0) is 9.53 Å². The maximum absolute atomic E-state index is 12.6. The third-order valence-corrected chi connectivity index (χ3v) is 4.33. The first-order valence-electron chi connectivity index (χ1n) is 8.77. The Hall–Kier alpha value is -3.40. The molecule has 2 aromatic rings. The summed E-state index contributed by atoms with van der Waals surface area (Å²) >= 11 is 0. The minimum atomic E-state index is -1.05. The van der Waals surface area contributed by atoms with Gasteiger partial charge in [-0.05, 0) is 64.4 Å². The highest BCUT2D eigenvalue weighted by Crippen LogP contribution is 2.21. The topological polar surface area (TPSA) is 109 Å². The van der Waals surface area contributed by atoms with E-state index in [2.05, 4.69) is 4.98 Å². The molecule has 0 spiro atoms. The van der Waals surface area contributed by atoms with Crippen LogP contribution in [-0.4, -0.2) is 34.7 Å². The fourth-order valence-corrected chi connectivity index (χ4v) is 2.91. The number of nitrogens with one attached hydrogen (secondary N) is 1. The van der Waals surface area contributed by atoms with Crippen molar-refractivity contribution in [3.05, 3.63) is 52.3 Å². The summed E-state index contributed by atoms with van der Waals surface area (Å²) in [6.07, 6.45) is -1.99. The molecule has 0 amide bonds. The second kappa shape index (κ2) is 8.53. The first-order valence-corrected chi connectivity index (χ1v) is 8.77. The van der Waals surface area contributed by atoms with Crippen LogP contribution in [0.25, 0.3) is 0 Å². The lowest BCUT2D eigenvalue weighted by molar-refractivity contribution is -0.153. The summed E-state index contributed by atoms with van der Waals surface area (Å²) in [4.78, 5) is 39.5. The minimum Gasteiger partial charge on any atom is -0.479 e. The average Bonchev–Trinajstić information content (AvgIpc) is 2.95. The second-order valence-electron chi connectivity index (χ2n) is 6.52. The molecule has 0 aliphatic rings. The monoisotopic (exact) mass is 382 g/mol. The number of esters is 1. The van der Waals surface area contributed by atoms with E-state index in [0.717, 1.165) is 0 Å². The number of hydrogen-bond donors (Lipinski definition) is 1. The number of H-pyrrole nitrogens is 1. The van der Waals surface area contributed by atoms with Crippen LogP contribution in [0.3, 0.4) is 0 Å². The number of ketones is 2. The number of nitriles is 1. The van der Waals surface area contributed by atoms with Crippen LogP contribution in [0.1, 0.15) is 58.4 Å². The van der Waals surface area contributed by atoms with E-state index in [1.165, 1.54) is 20.8 Å². The van der Waals surface area contributed by atoms with Gasteiger partial charge in [-0.15, -0.1) is 0 Å². The molecule has 0 bridgehead atoms. The van der Waals surface area contributed by atoms with Crippen molar-refractivity contribution in [2.24, 2.45) is 0 Å². The van der Waals surface area contributed by atoms with E-state index in [-0.39, 0.29) is 11.5 Å². The van der Waals surface area contributed by atoms with Crippen molar-refractivity contribution in [3.8, 4) is 11.8 Å². The van der Waals surface area contributed by atoms with Crippen molar-refractivity contribution >= 4 is 17.5 Å². The van der Waals surface area contributed by atoms with Crippen molar-refractivity contribution in [1.29, 1.82) is 5.26 Å². The van der Waals surface area contributed by atoms with E-state index < -0.39 is 24.0 Å². The van der Waals surface area contributed by atoms with Crippen molar-refractivity contribution in [2.45, 2.75) is 46.8 Å². The highest BCUT2D eigenvalue weighted by Gasteiger charge is 2.28. The molecule has 0 fully saturated rings. The molecule has 2 rings (SSSR count). The number of Topliss-reactive ketones (excluding diaryl/α,β-unsaturated/α-hetero) is 2. The zero-order valence-electron chi connectivity index (χ0n) is 16.5. The molecule has 0 aliphatic heterocycles. The van der Waals surface area contributed by atoms with Crippen LogP contribution in [0, 0.1) is 25.2 Å². The largest absolute Gasteiger partial charge is 0.479 e. The van der Waals surface area contributed by atoms with Gasteiger partial charge in [0.15, 0.2) is 18.0 Å². The number of nitrogens with zero attached hydrogens (tertiary/aromatic N) is 1. The standard InChI is InChI=1S/C21H22N2O5/c1-11-18(13(3)24)12(2)23-19(11)20(25)14(4)28-21(26)15(5)27-17-8-6-16(10-22)7-9-17/h6-9,14-15,23H,1-5H3/t14-,15-/m1/s1. The summed E-state index contributed by atoms with van der Waals surface area (Å²) in [5, 5.41) is 8.79. The molecule has 0 saturated heterocycles. The predicted octanol–water partition coefficient (Wildman–Crippen LogP) is 3.29. The Balaban J connectivity index is 2.04. The zero-order valence-corrected chi connectivity index (χ0v) is 16.5. The van der Waals surface area contributed by atoms with Crippen molar-refractivity contribution in [1.82, 2.24) is 4.98 Å². The molecule has 7 nitrogen and oxygen atoms in total. The number of benzene rings is 1. The highest BCUT2D eigenvalue weighted by atomic mass is 16.6. The second-order valence-corrected chi connectivity index (χ2v) is 6.52. The summed E-state index contributed by atoms with van der Waals surface area (Å²) in [5.41, 5.74) is 2.34. The van der Waals surface area contributed by atoms with E-state index in [1.54, 1.807) is 38.1 Å². The van der Waals surface area contributed by atoms with Crippen molar-refractivity contribution < 1.29 is 23.9 Å². The maximum atomic E-state index is 12.6. The molecule has 28 heavy (non-hydrogen) atoms. The summed E-state index contributed by atoms with van der Waals surface area (Å²) in [6, 6.07) is 8.29. The van der Waals surface area contributed by atoms with E-state index in [0.29, 0.717) is 28.1 Å². The van der Waals surface area contributed by atoms with Crippen LogP contribution in [0.15, 0.2) is 24.3 Å². The molecule has 2 atom stereocenters. The molecule has 0 aliphatic carbocycles. The van der Waals surface area contributed by atoms with Crippen LogP contribution >= 0.6 is 0 Å². The fourth-order valence-electron chi connectivity index (χ4n) is 2.91. The zero-order chi connectivity index (χ0) is 21.0. The average molecular weight is 382 g/mol. The number of aromatic nitrogens is 1. The van der Waals surface area contributed by atoms with Gasteiger partial charge in [-0.25, -0.2) is 4.79 Å². The number of carbonyl (C=O) groups excluding carboxylic acids is 3. The van der Waals surface area contributed by atoms with E-state index in [4.69, 9.17) is 14.7 Å². The summed E-state index contributed by atoms with van der Waals surface area (Å²) in [5.74, 6) is -0.853. The van der Waals surface area contributed by atoms with Gasteiger partial charge in [-0.1, -0.05) is 0 Å². The smallest absolute Gasteiger partial charge is 0.347 e. The van der Waals surface area contributed by atoms with Gasteiger partial charge in [0.05, 0.1) is 17.3 Å². The Kier molecular flexibility index (Phi) is 6.37. The Morgan fingerprint density at radius 2 is 1.68 bits per heavy atom. The van der Waals surface area contributed by atoms with Gasteiger partial charge in [-0.3, -0.25) is 9.59 Å². The van der Waals surface area contributed by atoms with Gasteiger partial charge in [0.25, 0.3) is 0 Å². The summed E-state index contributed by atoms with van der Waals surface area (Å²) in [6.45, 7) is 7.81. The molecule has 1 N–H and O–H groups in total. The minimum absolute atomic E-state index is 0.139. The molecule has 0 unspecified atom stereocenters. The maximum Gasteiger partial charge on any atom is 0.347 e. The van der Waals surface area contributed by atoms with E-state index in [9.17, 15) is 14.4 Å². The number of aromatic amines is 1. The first-order chi connectivity index (χ1) is 13.1. The van der Waals surface area contributed by atoms with Gasteiger partial charge in [0, 0.05) is 11.3 Å². The normalized spacial score (nSPS) is 12.6. The van der Waals surface area contributed by atoms with Crippen LogP contribution in [0.5, 0.6) is 5.75 Å². The lowest BCUT2D eigenvalue weighted by Crippen LogP contribution is -2.33. The quantitative estimate of drug-likeness (QED) is 0.581. The fraction of sp³-hybridized carbons (Fsp3) is 0.333. The highest BCUT2D eigenvalue weighted by molar-refractivity contribution is 6.05. The molecule has 1 aromatic heterocycles. The Morgan fingerprint density at radius 3 is 2.18 bits per heavy atom. The van der Waals surface area contributed by atoms with E-state index in [1.807, 2.05) is 6.07 Å². The SMILES string of the molecule is CC(=O)c1c(C)[nH]c(C(=O)[C@@H](C)OC(=O)[C@@H](C)Oc2ccc(C#N)cc2)c1C. The Morgan fingerprint density at radius 1 is 1.07 bits per heavy atom. The van der Waals surface area contributed by atoms with Gasteiger partial charge in [0.2, 0.25) is 5.78 Å². The van der Waals surface area contributed by atoms with E-state index >= 15 is 0 Å². The summed E-state index contributed by atoms with van der Waals surface area (Å²) < 4.78 is 10.7. The molecular weight excluding hydrogens is 360 g/mol. The molecule has 146 valence electrons. The lowest BCUT2D eigenvalue weighted by Gasteiger charge is -2.17. The van der Waals surface area contributed by atoms with Crippen LogP contribution in [0.4, 0.5) is 0 Å². The van der Waals surface area contributed by atoms with Crippen LogP contribution < -0.4 is 4.74 Å². The number of rotatable bonds is 7. The third-order valence-electron chi connectivity index (χ3n) is 4.33. The van der Waals surface area contributed by atoms with Gasteiger partial charge >= 0.3 is 5.97 Å². The molecule has 7 heteroatoms. The molecule has 1 aromatic carbocycles. The first kappa shape index (κ1) is 20.9. The number of aryl methyl sites for hydroxylation is 1. The van der Waals surface area contributed by atoms with Gasteiger partial charge in [0.1, 0.15) is 5.75 Å². The third kappa shape index (κ3) is 4.46. The van der Waals surface area contributed by atoms with Crippen molar-refractivity contribution in [2.75, 3.05) is 0 Å². The van der Waals surface area contributed by atoms with Crippen molar-refractivity contribution in [3.63, 3.8) is 0 Å². The van der Waals surface area contributed by atoms with Crippen LogP contribution in [0.2, 0.25) is 0 Å². The number of carbonyl (C=O) groups is 3. The van der Waals surface area contributed by atoms with Gasteiger partial charge in [-0.2, -0.15) is 5.26 Å². The van der Waals surface area contributed by atoms with Gasteiger partial charge < -0.3 is 14.5 Å². The Bertz CT molecular complexity index is 950. The predicted molar refractivity (Wildman–Crippen MR) is 101 cm³/mol.